The minimum absolute atomic E-state index is 0.000531. The van der Waals surface area contributed by atoms with Crippen molar-refractivity contribution in [2.75, 3.05) is 13.6 Å². The van der Waals surface area contributed by atoms with Crippen molar-refractivity contribution in [1.82, 2.24) is 9.47 Å². The third kappa shape index (κ3) is 6.93. The Morgan fingerprint density at radius 1 is 1.05 bits per heavy atom. The number of amides is 1. The zero-order valence-electron chi connectivity index (χ0n) is 25.7. The standard InChI is InChI=1S/C34H37FN2O6/c1-20(38)17-23-11-10-13-25(18-23)28-22(3)37(16-15-36(7)33(41)43-34(4,5)6)31(39)29-26(21(2)32(40)42-30(28)29)19-24-12-8-9-14-27(24)35/h8-14,18H,15-17,19H2,1-7H3. The number of nitrogens with zero attached hydrogens (tertiary/aromatic N) is 2. The lowest BCUT2D eigenvalue weighted by atomic mass is 9.93. The topological polar surface area (TPSA) is 98.8 Å². The Balaban J connectivity index is 1.98. The Labute approximate surface area is 249 Å². The Morgan fingerprint density at radius 2 is 1.74 bits per heavy atom. The Hall–Kier alpha value is -4.53. The Morgan fingerprint density at radius 3 is 2.40 bits per heavy atom. The van der Waals surface area contributed by atoms with Crippen molar-refractivity contribution >= 4 is 22.8 Å². The number of ketones is 1. The molecular weight excluding hydrogens is 551 g/mol. The molecule has 0 saturated carbocycles. The maximum atomic E-state index is 14.8. The molecule has 226 valence electrons. The van der Waals surface area contributed by atoms with E-state index in [1.807, 2.05) is 18.2 Å². The third-order valence-electron chi connectivity index (χ3n) is 7.29. The first kappa shape index (κ1) is 31.4. The average Bonchev–Trinajstić information content (AvgIpc) is 2.91. The molecule has 0 spiro atoms. The van der Waals surface area contributed by atoms with Gasteiger partial charge in [-0.2, -0.15) is 0 Å². The first-order valence-electron chi connectivity index (χ1n) is 14.1. The first-order valence-corrected chi connectivity index (χ1v) is 14.1. The predicted molar refractivity (Wildman–Crippen MR) is 164 cm³/mol. The largest absolute Gasteiger partial charge is 0.444 e. The zero-order valence-corrected chi connectivity index (χ0v) is 25.7. The fourth-order valence-electron chi connectivity index (χ4n) is 5.12. The van der Waals surface area contributed by atoms with Crippen LogP contribution >= 0.6 is 0 Å². The number of likely N-dealkylation sites (N-methyl/N-ethyl adjacent to an activating group) is 1. The first-order chi connectivity index (χ1) is 20.2. The summed E-state index contributed by atoms with van der Waals surface area (Å²) in [4.78, 5) is 53.3. The second-order valence-corrected chi connectivity index (χ2v) is 11.9. The maximum Gasteiger partial charge on any atom is 0.410 e. The van der Waals surface area contributed by atoms with Crippen molar-refractivity contribution in [1.29, 1.82) is 0 Å². The molecule has 0 N–H and O–H groups in total. The molecule has 1 amide bonds. The number of hydrogen-bond acceptors (Lipinski definition) is 6. The molecule has 0 unspecified atom stereocenters. The molecule has 0 aliphatic carbocycles. The van der Waals surface area contributed by atoms with Crippen molar-refractivity contribution in [3.63, 3.8) is 0 Å². The molecule has 4 aromatic rings. The van der Waals surface area contributed by atoms with Gasteiger partial charge in [0.25, 0.3) is 5.56 Å². The number of aromatic nitrogens is 1. The number of pyridine rings is 1. The molecule has 0 radical (unpaired) electrons. The van der Waals surface area contributed by atoms with Gasteiger partial charge in [0.05, 0.1) is 5.39 Å². The van der Waals surface area contributed by atoms with E-state index in [2.05, 4.69) is 0 Å². The summed E-state index contributed by atoms with van der Waals surface area (Å²) in [5.74, 6) is -0.463. The van der Waals surface area contributed by atoms with Crippen LogP contribution in [0.3, 0.4) is 0 Å². The quantitative estimate of drug-likeness (QED) is 0.252. The van der Waals surface area contributed by atoms with Crippen molar-refractivity contribution < 1.29 is 23.1 Å². The fourth-order valence-corrected chi connectivity index (χ4v) is 5.12. The third-order valence-corrected chi connectivity index (χ3v) is 7.29. The molecule has 0 fully saturated rings. The van der Waals surface area contributed by atoms with E-state index in [9.17, 15) is 23.6 Å². The Bertz CT molecular complexity index is 1830. The van der Waals surface area contributed by atoms with Crippen LogP contribution in [0.4, 0.5) is 9.18 Å². The summed E-state index contributed by atoms with van der Waals surface area (Å²) in [6, 6.07) is 13.5. The second kappa shape index (κ2) is 12.4. The van der Waals surface area contributed by atoms with E-state index in [0.717, 1.165) is 5.56 Å². The summed E-state index contributed by atoms with van der Waals surface area (Å²) in [5, 5.41) is 0.165. The van der Waals surface area contributed by atoms with E-state index < -0.39 is 28.7 Å². The van der Waals surface area contributed by atoms with Crippen LogP contribution in [0.5, 0.6) is 0 Å². The molecule has 9 heteroatoms. The van der Waals surface area contributed by atoms with Gasteiger partial charge in [0, 0.05) is 49.8 Å². The van der Waals surface area contributed by atoms with Gasteiger partial charge in [-0.25, -0.2) is 14.0 Å². The monoisotopic (exact) mass is 588 g/mol. The van der Waals surface area contributed by atoms with E-state index in [1.54, 1.807) is 70.5 Å². The van der Waals surface area contributed by atoms with Crippen molar-refractivity contribution in [3.8, 4) is 11.1 Å². The summed E-state index contributed by atoms with van der Waals surface area (Å²) < 4.78 is 27.6. The highest BCUT2D eigenvalue weighted by Crippen LogP contribution is 2.33. The van der Waals surface area contributed by atoms with Crippen LogP contribution in [-0.2, 0) is 28.9 Å². The lowest BCUT2D eigenvalue weighted by molar-refractivity contribution is -0.116. The predicted octanol–water partition coefficient (Wildman–Crippen LogP) is 5.97. The van der Waals surface area contributed by atoms with Gasteiger partial charge < -0.3 is 18.6 Å². The van der Waals surface area contributed by atoms with Crippen LogP contribution in [0, 0.1) is 19.7 Å². The van der Waals surface area contributed by atoms with E-state index in [4.69, 9.17) is 9.15 Å². The highest BCUT2D eigenvalue weighted by molar-refractivity contribution is 5.95. The van der Waals surface area contributed by atoms with Crippen LogP contribution in [-0.4, -0.2) is 40.5 Å². The molecule has 0 bridgehead atoms. The molecule has 0 saturated heterocycles. The van der Waals surface area contributed by atoms with Crippen LogP contribution in [0.1, 0.15) is 55.6 Å². The Kier molecular flexibility index (Phi) is 9.04. The summed E-state index contributed by atoms with van der Waals surface area (Å²) in [7, 11) is 1.59. The smallest absolute Gasteiger partial charge is 0.410 e. The second-order valence-electron chi connectivity index (χ2n) is 11.9. The molecule has 0 aliphatic heterocycles. The van der Waals surface area contributed by atoms with Gasteiger partial charge in [0.2, 0.25) is 0 Å². The van der Waals surface area contributed by atoms with Crippen molar-refractivity contribution in [2.24, 2.45) is 0 Å². The number of benzene rings is 2. The molecular formula is C34H37FN2O6. The van der Waals surface area contributed by atoms with Crippen LogP contribution in [0.15, 0.2) is 62.5 Å². The number of ether oxygens (including phenoxy) is 1. The van der Waals surface area contributed by atoms with Gasteiger partial charge in [-0.05, 0) is 69.9 Å². The highest BCUT2D eigenvalue weighted by Gasteiger charge is 2.25. The van der Waals surface area contributed by atoms with E-state index in [1.165, 1.54) is 17.9 Å². The molecule has 2 heterocycles. The van der Waals surface area contributed by atoms with Crippen LogP contribution < -0.4 is 11.2 Å². The van der Waals surface area contributed by atoms with Crippen molar-refractivity contribution in [3.05, 3.63) is 103 Å². The number of hydrogen-bond donors (Lipinski definition) is 0. The molecule has 4 rings (SSSR count). The number of halogens is 1. The zero-order chi connectivity index (χ0) is 31.6. The molecule has 2 aromatic heterocycles. The minimum atomic E-state index is -0.685. The highest BCUT2D eigenvalue weighted by atomic mass is 19.1. The summed E-state index contributed by atoms with van der Waals surface area (Å²) >= 11 is 0. The minimum Gasteiger partial charge on any atom is -0.444 e. The molecule has 0 atom stereocenters. The molecule has 43 heavy (non-hydrogen) atoms. The number of carbonyl (C=O) groups is 2. The maximum absolute atomic E-state index is 14.8. The van der Waals surface area contributed by atoms with Gasteiger partial charge in [0.1, 0.15) is 17.2 Å². The summed E-state index contributed by atoms with van der Waals surface area (Å²) in [5.41, 5.74) is 1.72. The number of rotatable bonds is 8. The molecule has 0 aliphatic rings. The molecule has 2 aromatic carbocycles. The SMILES string of the molecule is CC(=O)Cc1cccc(-c2c(C)n(CCN(C)C(=O)OC(C)(C)C)c(=O)c3c(Cc4ccccc4F)c(C)c(=O)oc23)c1. The number of fused-ring (bicyclic) bond motifs is 1. The number of Topliss-reactive ketones (excluding diaryl/α,β-unsaturated/α-hetero) is 1. The fraction of sp³-hybridized carbons (Fsp3) is 0.353. The van der Waals surface area contributed by atoms with Gasteiger partial charge in [-0.3, -0.25) is 9.59 Å². The lowest BCUT2D eigenvalue weighted by Crippen LogP contribution is -2.37. The van der Waals surface area contributed by atoms with Crippen LogP contribution in [0.2, 0.25) is 0 Å². The molecule has 8 nitrogen and oxygen atoms in total. The van der Waals surface area contributed by atoms with Gasteiger partial charge >= 0.3 is 11.7 Å². The average molecular weight is 589 g/mol. The van der Waals surface area contributed by atoms with Crippen LogP contribution in [0.25, 0.3) is 22.1 Å². The van der Waals surface area contributed by atoms with Gasteiger partial charge in [-0.1, -0.05) is 42.5 Å². The lowest BCUT2D eigenvalue weighted by Gasteiger charge is -2.25. The van der Waals surface area contributed by atoms with Gasteiger partial charge in [0.15, 0.2) is 5.58 Å². The van der Waals surface area contributed by atoms with E-state index in [-0.39, 0.29) is 48.2 Å². The number of carbonyl (C=O) groups excluding carboxylic acids is 2. The van der Waals surface area contributed by atoms with E-state index >= 15 is 0 Å². The normalized spacial score (nSPS) is 11.5. The van der Waals surface area contributed by atoms with Gasteiger partial charge in [-0.15, -0.1) is 0 Å². The summed E-state index contributed by atoms with van der Waals surface area (Å²) in [6.07, 6.45) is -0.314. The van der Waals surface area contributed by atoms with Crippen molar-refractivity contribution in [2.45, 2.75) is 66.5 Å². The summed E-state index contributed by atoms with van der Waals surface area (Å²) in [6.45, 7) is 10.4. The van der Waals surface area contributed by atoms with E-state index in [0.29, 0.717) is 27.9 Å².